The number of hydrogen-bond acceptors (Lipinski definition) is 5. The topological polar surface area (TPSA) is 49.0 Å². The summed E-state index contributed by atoms with van der Waals surface area (Å²) in [5.41, 5.74) is 3.05. The lowest BCUT2D eigenvalue weighted by Gasteiger charge is -2.15. The van der Waals surface area contributed by atoms with Crippen molar-refractivity contribution in [3.63, 3.8) is 0 Å². The summed E-state index contributed by atoms with van der Waals surface area (Å²) in [5, 5.41) is 4.72. The molecule has 0 atom stereocenters. The Morgan fingerprint density at radius 2 is 1.58 bits per heavy atom. The van der Waals surface area contributed by atoms with Crippen LogP contribution in [0.2, 0.25) is 10.0 Å². The van der Waals surface area contributed by atoms with Crippen LogP contribution in [0.15, 0.2) is 54.6 Å². The van der Waals surface area contributed by atoms with Gasteiger partial charge < -0.3 is 24.3 Å². The Morgan fingerprint density at radius 1 is 0.839 bits per heavy atom. The highest BCUT2D eigenvalue weighted by Gasteiger charge is 2.14. The molecule has 0 fully saturated rings. The van der Waals surface area contributed by atoms with Crippen molar-refractivity contribution in [2.45, 2.75) is 26.6 Å². The second-order valence-electron chi connectivity index (χ2n) is 7.03. The van der Waals surface area contributed by atoms with Gasteiger partial charge >= 0.3 is 0 Å². The Hall–Kier alpha value is -2.60. The fourth-order valence-corrected chi connectivity index (χ4v) is 3.57. The van der Waals surface area contributed by atoms with Gasteiger partial charge in [0, 0.05) is 29.2 Å². The van der Waals surface area contributed by atoms with E-state index in [4.69, 9.17) is 42.1 Å². The van der Waals surface area contributed by atoms with Gasteiger partial charge in [-0.15, -0.1) is 0 Å². The first-order valence-electron chi connectivity index (χ1n) is 10.0. The highest BCUT2D eigenvalue weighted by molar-refractivity contribution is 6.31. The summed E-state index contributed by atoms with van der Waals surface area (Å²) >= 11 is 12.5. The molecule has 1 aliphatic rings. The molecule has 162 valence electrons. The quantitative estimate of drug-likeness (QED) is 0.425. The lowest BCUT2D eigenvalue weighted by Crippen LogP contribution is -2.13. The van der Waals surface area contributed by atoms with Gasteiger partial charge in [0.15, 0.2) is 23.0 Å². The first-order valence-corrected chi connectivity index (χ1v) is 10.8. The van der Waals surface area contributed by atoms with E-state index < -0.39 is 0 Å². The molecule has 5 nitrogen and oxygen atoms in total. The summed E-state index contributed by atoms with van der Waals surface area (Å²) < 4.78 is 22.5. The highest BCUT2D eigenvalue weighted by atomic mass is 35.5. The third-order valence-corrected chi connectivity index (χ3v) is 5.41. The molecule has 0 aliphatic carbocycles. The lowest BCUT2D eigenvalue weighted by atomic mass is 10.1. The number of halogens is 2. The normalized spacial score (nSPS) is 12.1. The van der Waals surface area contributed by atoms with Crippen molar-refractivity contribution >= 4 is 23.2 Å². The Balaban J connectivity index is 1.40. The Kier molecular flexibility index (Phi) is 7.07. The SMILES string of the molecule is CCOc1cc(CNCc2ccc3c(c2)OCO3)c(Cl)cc1OCc1ccc(Cl)cc1. The summed E-state index contributed by atoms with van der Waals surface area (Å²) in [4.78, 5) is 0. The van der Waals surface area contributed by atoms with Gasteiger partial charge in [0.05, 0.1) is 6.61 Å². The molecule has 0 radical (unpaired) electrons. The van der Waals surface area contributed by atoms with Crippen LogP contribution in [-0.2, 0) is 19.7 Å². The summed E-state index contributed by atoms with van der Waals surface area (Å²) in [6, 6.07) is 17.2. The molecule has 0 bridgehead atoms. The van der Waals surface area contributed by atoms with Crippen molar-refractivity contribution in [3.05, 3.63) is 81.3 Å². The fourth-order valence-electron chi connectivity index (χ4n) is 3.23. The van der Waals surface area contributed by atoms with Gasteiger partial charge in [0.25, 0.3) is 0 Å². The van der Waals surface area contributed by atoms with Crippen LogP contribution < -0.4 is 24.3 Å². The molecule has 31 heavy (non-hydrogen) atoms. The molecule has 0 saturated heterocycles. The molecular weight excluding hydrogens is 437 g/mol. The fraction of sp³-hybridized carbons (Fsp3) is 0.250. The van der Waals surface area contributed by atoms with E-state index in [1.54, 1.807) is 6.07 Å². The first kappa shape index (κ1) is 21.6. The highest BCUT2D eigenvalue weighted by Crippen LogP contribution is 2.35. The number of benzene rings is 3. The van der Waals surface area contributed by atoms with Crippen molar-refractivity contribution in [3.8, 4) is 23.0 Å². The average Bonchev–Trinajstić information content (AvgIpc) is 3.24. The number of rotatable bonds is 9. The zero-order valence-electron chi connectivity index (χ0n) is 17.1. The monoisotopic (exact) mass is 459 g/mol. The zero-order valence-corrected chi connectivity index (χ0v) is 18.6. The van der Waals surface area contributed by atoms with Gasteiger partial charge in [0.2, 0.25) is 6.79 Å². The molecule has 0 unspecified atom stereocenters. The largest absolute Gasteiger partial charge is 0.490 e. The minimum Gasteiger partial charge on any atom is -0.490 e. The summed E-state index contributed by atoms with van der Waals surface area (Å²) in [6.45, 7) is 4.40. The van der Waals surface area contributed by atoms with Gasteiger partial charge in [-0.05, 0) is 53.9 Å². The summed E-state index contributed by atoms with van der Waals surface area (Å²) in [5.74, 6) is 2.84. The predicted molar refractivity (Wildman–Crippen MR) is 122 cm³/mol. The van der Waals surface area contributed by atoms with Crippen molar-refractivity contribution < 1.29 is 18.9 Å². The van der Waals surface area contributed by atoms with Crippen molar-refractivity contribution in [1.82, 2.24) is 5.32 Å². The molecule has 1 N–H and O–H groups in total. The second kappa shape index (κ2) is 10.1. The molecule has 0 aromatic heterocycles. The van der Waals surface area contributed by atoms with E-state index in [0.29, 0.717) is 47.8 Å². The molecule has 1 aliphatic heterocycles. The average molecular weight is 460 g/mol. The number of fused-ring (bicyclic) bond motifs is 1. The maximum atomic E-state index is 6.53. The third kappa shape index (κ3) is 5.56. The molecule has 7 heteroatoms. The molecule has 0 spiro atoms. The van der Waals surface area contributed by atoms with Gasteiger partial charge in [-0.2, -0.15) is 0 Å². The van der Waals surface area contributed by atoms with Gasteiger partial charge in [-0.25, -0.2) is 0 Å². The van der Waals surface area contributed by atoms with Crippen LogP contribution in [-0.4, -0.2) is 13.4 Å². The van der Waals surface area contributed by atoms with E-state index in [1.165, 1.54) is 0 Å². The molecule has 0 saturated carbocycles. The summed E-state index contributed by atoms with van der Waals surface area (Å²) in [7, 11) is 0. The number of nitrogens with one attached hydrogen (secondary N) is 1. The van der Waals surface area contributed by atoms with Crippen molar-refractivity contribution in [1.29, 1.82) is 0 Å². The van der Waals surface area contributed by atoms with Crippen LogP contribution in [0.25, 0.3) is 0 Å². The molecule has 3 aromatic carbocycles. The van der Waals surface area contributed by atoms with E-state index in [9.17, 15) is 0 Å². The third-order valence-electron chi connectivity index (χ3n) is 4.80. The Labute approximate surface area is 191 Å². The molecule has 3 aromatic rings. The summed E-state index contributed by atoms with van der Waals surface area (Å²) in [6.07, 6.45) is 0. The van der Waals surface area contributed by atoms with E-state index in [-0.39, 0.29) is 6.79 Å². The molecule has 0 amide bonds. The minimum atomic E-state index is 0.272. The maximum absolute atomic E-state index is 6.53. The first-order chi connectivity index (χ1) is 15.1. The van der Waals surface area contributed by atoms with E-state index in [0.717, 1.165) is 28.2 Å². The van der Waals surface area contributed by atoms with Gasteiger partial charge in [-0.3, -0.25) is 0 Å². The predicted octanol–water partition coefficient (Wildman–Crippen LogP) is 5.99. The standard InChI is InChI=1S/C24H23Cl2NO4/c1-2-28-23-10-18(13-27-12-17-5-8-21-22(9-17)31-15-30-21)20(26)11-24(23)29-14-16-3-6-19(25)7-4-16/h3-11,27H,2,12-15H2,1H3. The molecule has 1 heterocycles. The van der Waals surface area contributed by atoms with Crippen LogP contribution in [0.3, 0.4) is 0 Å². The van der Waals surface area contributed by atoms with Crippen LogP contribution >= 0.6 is 23.2 Å². The molecular formula is C24H23Cl2NO4. The second-order valence-corrected chi connectivity index (χ2v) is 7.87. The van der Waals surface area contributed by atoms with Gasteiger partial charge in [0.1, 0.15) is 6.61 Å². The maximum Gasteiger partial charge on any atom is 0.231 e. The van der Waals surface area contributed by atoms with Crippen molar-refractivity contribution in [2.24, 2.45) is 0 Å². The Bertz CT molecular complexity index is 1040. The van der Waals surface area contributed by atoms with Crippen LogP contribution in [0, 0.1) is 0 Å². The lowest BCUT2D eigenvalue weighted by molar-refractivity contribution is 0.174. The molecule has 4 rings (SSSR count). The van der Waals surface area contributed by atoms with Crippen LogP contribution in [0.1, 0.15) is 23.6 Å². The minimum absolute atomic E-state index is 0.272. The number of ether oxygens (including phenoxy) is 4. The van der Waals surface area contributed by atoms with E-state index in [2.05, 4.69) is 5.32 Å². The van der Waals surface area contributed by atoms with E-state index >= 15 is 0 Å². The zero-order chi connectivity index (χ0) is 21.6. The van der Waals surface area contributed by atoms with Crippen LogP contribution in [0.5, 0.6) is 23.0 Å². The van der Waals surface area contributed by atoms with Crippen molar-refractivity contribution in [2.75, 3.05) is 13.4 Å². The smallest absolute Gasteiger partial charge is 0.231 e. The van der Waals surface area contributed by atoms with Gasteiger partial charge in [-0.1, -0.05) is 41.4 Å². The Morgan fingerprint density at radius 3 is 2.39 bits per heavy atom. The van der Waals surface area contributed by atoms with Crippen LogP contribution in [0.4, 0.5) is 0 Å². The van der Waals surface area contributed by atoms with E-state index in [1.807, 2.05) is 55.5 Å². The number of hydrogen-bond donors (Lipinski definition) is 1.